The van der Waals surface area contributed by atoms with E-state index in [0.29, 0.717) is 42.9 Å². The van der Waals surface area contributed by atoms with E-state index in [0.717, 1.165) is 24.8 Å². The van der Waals surface area contributed by atoms with E-state index < -0.39 is 0 Å². The number of hydrogen-bond acceptors (Lipinski definition) is 4. The van der Waals surface area contributed by atoms with Gasteiger partial charge >= 0.3 is 0 Å². The Hall–Kier alpha value is -2.56. The number of aromatic nitrogens is 1. The number of pyridine rings is 1. The van der Waals surface area contributed by atoms with Crippen LogP contribution in [0.2, 0.25) is 0 Å². The van der Waals surface area contributed by atoms with Crippen molar-refractivity contribution in [3.05, 3.63) is 53.9 Å². The molecule has 0 atom stereocenters. The Morgan fingerprint density at radius 1 is 1.17 bits per heavy atom. The summed E-state index contributed by atoms with van der Waals surface area (Å²) in [7, 11) is 0. The van der Waals surface area contributed by atoms with E-state index in [-0.39, 0.29) is 5.91 Å². The lowest BCUT2D eigenvalue weighted by atomic mass is 10.1. The molecule has 5 heteroatoms. The van der Waals surface area contributed by atoms with E-state index in [1.54, 1.807) is 6.20 Å². The highest BCUT2D eigenvalue weighted by Gasteiger charge is 2.33. The third-order valence-electron chi connectivity index (χ3n) is 4.32. The van der Waals surface area contributed by atoms with Crippen LogP contribution in [-0.4, -0.2) is 35.0 Å². The maximum atomic E-state index is 13.0. The standard InChI is InChI=1S/C19H20N2O3/c22-19(15-4-7-17-18(11-15)24-10-2-9-23-17)21(16-5-6-16)13-14-3-1-8-20-12-14/h1,3-4,7-8,11-12,16H,2,5-6,9-10,13H2. The highest BCUT2D eigenvalue weighted by molar-refractivity contribution is 5.95. The van der Waals surface area contributed by atoms with Crippen LogP contribution >= 0.6 is 0 Å². The number of amides is 1. The van der Waals surface area contributed by atoms with Crippen LogP contribution in [0.15, 0.2) is 42.7 Å². The van der Waals surface area contributed by atoms with Gasteiger partial charge in [-0.15, -0.1) is 0 Å². The average Bonchev–Trinajstić information content (AvgIpc) is 3.46. The number of rotatable bonds is 4. The summed E-state index contributed by atoms with van der Waals surface area (Å²) in [5.41, 5.74) is 1.70. The lowest BCUT2D eigenvalue weighted by Gasteiger charge is -2.23. The molecule has 2 aromatic rings. The Morgan fingerprint density at radius 2 is 2.00 bits per heavy atom. The molecule has 0 unspecified atom stereocenters. The summed E-state index contributed by atoms with van der Waals surface area (Å²) in [6, 6.07) is 9.70. The molecular formula is C19H20N2O3. The first-order valence-electron chi connectivity index (χ1n) is 8.41. The highest BCUT2D eigenvalue weighted by Crippen LogP contribution is 2.33. The van der Waals surface area contributed by atoms with Gasteiger partial charge in [0.05, 0.1) is 13.2 Å². The number of hydrogen-bond donors (Lipinski definition) is 0. The summed E-state index contributed by atoms with van der Waals surface area (Å²) in [6.07, 6.45) is 6.55. The summed E-state index contributed by atoms with van der Waals surface area (Å²) in [4.78, 5) is 19.1. The number of nitrogens with zero attached hydrogens (tertiary/aromatic N) is 2. The van der Waals surface area contributed by atoms with Crippen molar-refractivity contribution in [2.45, 2.75) is 31.8 Å². The van der Waals surface area contributed by atoms with Gasteiger partial charge in [0.1, 0.15) is 0 Å². The maximum absolute atomic E-state index is 13.0. The molecule has 1 amide bonds. The Labute approximate surface area is 141 Å². The second-order valence-electron chi connectivity index (χ2n) is 6.24. The minimum Gasteiger partial charge on any atom is -0.490 e. The summed E-state index contributed by atoms with van der Waals surface area (Å²) >= 11 is 0. The van der Waals surface area contributed by atoms with Gasteiger partial charge in [0.25, 0.3) is 5.91 Å². The molecule has 1 aromatic carbocycles. The number of fused-ring (bicyclic) bond motifs is 1. The lowest BCUT2D eigenvalue weighted by Crippen LogP contribution is -2.32. The minimum atomic E-state index is 0.0389. The van der Waals surface area contributed by atoms with E-state index >= 15 is 0 Å². The smallest absolute Gasteiger partial charge is 0.254 e. The van der Waals surface area contributed by atoms with Crippen molar-refractivity contribution in [1.82, 2.24) is 9.88 Å². The van der Waals surface area contributed by atoms with Gasteiger partial charge in [0, 0.05) is 37.0 Å². The molecule has 2 aliphatic rings. The number of benzene rings is 1. The third kappa shape index (κ3) is 3.20. The van der Waals surface area contributed by atoms with Crippen molar-refractivity contribution >= 4 is 5.91 Å². The Morgan fingerprint density at radius 3 is 2.75 bits per heavy atom. The van der Waals surface area contributed by atoms with E-state index in [1.807, 2.05) is 41.4 Å². The zero-order valence-corrected chi connectivity index (χ0v) is 13.5. The summed E-state index contributed by atoms with van der Waals surface area (Å²) in [5, 5.41) is 0. The topological polar surface area (TPSA) is 51.7 Å². The van der Waals surface area contributed by atoms with E-state index in [2.05, 4.69) is 4.98 Å². The number of carbonyl (C=O) groups is 1. The first-order valence-corrected chi connectivity index (χ1v) is 8.41. The Kier molecular flexibility index (Phi) is 4.07. The predicted molar refractivity (Wildman–Crippen MR) is 89.2 cm³/mol. The first-order chi connectivity index (χ1) is 11.8. The molecule has 0 radical (unpaired) electrons. The molecule has 4 rings (SSSR count). The van der Waals surface area contributed by atoms with E-state index in [1.165, 1.54) is 0 Å². The largest absolute Gasteiger partial charge is 0.490 e. The van der Waals surface area contributed by atoms with Crippen LogP contribution in [0, 0.1) is 0 Å². The van der Waals surface area contributed by atoms with Gasteiger partial charge in [0.15, 0.2) is 11.5 Å². The molecule has 1 aromatic heterocycles. The monoisotopic (exact) mass is 324 g/mol. The third-order valence-corrected chi connectivity index (χ3v) is 4.32. The van der Waals surface area contributed by atoms with Crippen molar-refractivity contribution in [3.8, 4) is 11.5 Å². The van der Waals surface area contributed by atoms with Crippen molar-refractivity contribution in [2.24, 2.45) is 0 Å². The van der Waals surface area contributed by atoms with Gasteiger partial charge in [-0.2, -0.15) is 0 Å². The van der Waals surface area contributed by atoms with E-state index in [9.17, 15) is 4.79 Å². The maximum Gasteiger partial charge on any atom is 0.254 e. The van der Waals surface area contributed by atoms with Gasteiger partial charge in [-0.1, -0.05) is 6.07 Å². The molecular weight excluding hydrogens is 304 g/mol. The molecule has 5 nitrogen and oxygen atoms in total. The van der Waals surface area contributed by atoms with Crippen molar-refractivity contribution in [1.29, 1.82) is 0 Å². The minimum absolute atomic E-state index is 0.0389. The molecule has 0 N–H and O–H groups in total. The van der Waals surface area contributed by atoms with Crippen molar-refractivity contribution in [2.75, 3.05) is 13.2 Å². The molecule has 0 bridgehead atoms. The average molecular weight is 324 g/mol. The normalized spacial score (nSPS) is 16.3. The first kappa shape index (κ1) is 15.0. The quantitative estimate of drug-likeness (QED) is 0.867. The second kappa shape index (κ2) is 6.51. The van der Waals surface area contributed by atoms with Crippen LogP contribution in [0.25, 0.3) is 0 Å². The molecule has 1 fully saturated rings. The Bertz CT molecular complexity index is 729. The zero-order valence-electron chi connectivity index (χ0n) is 13.5. The molecule has 0 spiro atoms. The van der Waals surface area contributed by atoms with Crippen LogP contribution in [0.3, 0.4) is 0 Å². The van der Waals surface area contributed by atoms with Crippen LogP contribution < -0.4 is 9.47 Å². The molecule has 1 saturated carbocycles. The SMILES string of the molecule is O=C(c1ccc2c(c1)OCCCO2)N(Cc1cccnc1)C1CC1. The fraction of sp³-hybridized carbons (Fsp3) is 0.368. The van der Waals surface area contributed by atoms with Crippen LogP contribution in [0.4, 0.5) is 0 Å². The van der Waals surface area contributed by atoms with Crippen molar-refractivity contribution in [3.63, 3.8) is 0 Å². The molecule has 124 valence electrons. The van der Waals surface area contributed by atoms with Gasteiger partial charge < -0.3 is 14.4 Å². The molecule has 1 aliphatic heterocycles. The van der Waals surface area contributed by atoms with Crippen LogP contribution in [0.1, 0.15) is 35.2 Å². The lowest BCUT2D eigenvalue weighted by molar-refractivity contribution is 0.0729. The predicted octanol–water partition coefficient (Wildman–Crippen LogP) is 3.05. The summed E-state index contributed by atoms with van der Waals surface area (Å²) in [6.45, 7) is 1.86. The number of carbonyl (C=O) groups excluding carboxylic acids is 1. The van der Waals surface area contributed by atoms with Gasteiger partial charge in [-0.3, -0.25) is 9.78 Å². The summed E-state index contributed by atoms with van der Waals surface area (Å²) < 4.78 is 11.3. The van der Waals surface area contributed by atoms with Crippen molar-refractivity contribution < 1.29 is 14.3 Å². The van der Waals surface area contributed by atoms with E-state index in [4.69, 9.17) is 9.47 Å². The highest BCUT2D eigenvalue weighted by atomic mass is 16.5. The van der Waals surface area contributed by atoms with Gasteiger partial charge in [-0.05, 0) is 42.7 Å². The molecule has 0 saturated heterocycles. The van der Waals surface area contributed by atoms with Gasteiger partial charge in [0.2, 0.25) is 0 Å². The fourth-order valence-electron chi connectivity index (χ4n) is 2.90. The van der Waals surface area contributed by atoms with Crippen LogP contribution in [-0.2, 0) is 6.54 Å². The molecule has 24 heavy (non-hydrogen) atoms. The van der Waals surface area contributed by atoms with Crippen LogP contribution in [0.5, 0.6) is 11.5 Å². The molecule has 2 heterocycles. The molecule has 1 aliphatic carbocycles. The summed E-state index contributed by atoms with van der Waals surface area (Å²) in [5.74, 6) is 1.42. The van der Waals surface area contributed by atoms with Gasteiger partial charge in [-0.25, -0.2) is 0 Å². The Balaban J connectivity index is 1.57. The zero-order chi connectivity index (χ0) is 16.4. The fourth-order valence-corrected chi connectivity index (χ4v) is 2.90. The second-order valence-corrected chi connectivity index (χ2v) is 6.24. The number of ether oxygens (including phenoxy) is 2.